The van der Waals surface area contributed by atoms with Crippen LogP contribution in [0.4, 0.5) is 0 Å². The molecule has 0 atom stereocenters. The Hall–Kier alpha value is 0.596. The van der Waals surface area contributed by atoms with Crippen molar-refractivity contribution in [1.82, 2.24) is 4.90 Å². The summed E-state index contributed by atoms with van der Waals surface area (Å²) >= 11 is 0.269. The van der Waals surface area contributed by atoms with Crippen LogP contribution in [0.5, 0.6) is 0 Å². The first-order chi connectivity index (χ1) is 4.39. The van der Waals surface area contributed by atoms with Crippen LogP contribution in [0.2, 0.25) is 9.95 Å². The number of rotatable bonds is 0. The summed E-state index contributed by atoms with van der Waals surface area (Å²) in [6.45, 7) is 2.72. The van der Waals surface area contributed by atoms with Gasteiger partial charge in [0.25, 0.3) is 0 Å². The molecular weight excluding hydrogens is 168 g/mol. The van der Waals surface area contributed by atoms with E-state index in [0.717, 1.165) is 0 Å². The van der Waals surface area contributed by atoms with E-state index in [1.807, 2.05) is 0 Å². The maximum absolute atomic E-state index is 2.47. The summed E-state index contributed by atoms with van der Waals surface area (Å²) < 4.78 is 0. The molecular formula is C7H15GaN. The van der Waals surface area contributed by atoms with Crippen LogP contribution in [0.1, 0.15) is 12.8 Å². The van der Waals surface area contributed by atoms with Gasteiger partial charge in [-0.3, -0.25) is 0 Å². The quantitative estimate of drug-likeness (QED) is 0.510. The van der Waals surface area contributed by atoms with Crippen LogP contribution in [0.15, 0.2) is 0 Å². The van der Waals surface area contributed by atoms with Gasteiger partial charge in [-0.2, -0.15) is 0 Å². The molecule has 51 valence electrons. The zero-order valence-electron chi connectivity index (χ0n) is 6.27. The van der Waals surface area contributed by atoms with Gasteiger partial charge in [0.05, 0.1) is 0 Å². The van der Waals surface area contributed by atoms with Gasteiger partial charge in [-0.05, 0) is 0 Å². The van der Waals surface area contributed by atoms with Crippen molar-refractivity contribution in [3.05, 3.63) is 0 Å². The number of hydrogen-bond donors (Lipinski definition) is 0. The molecule has 0 aromatic rings. The summed E-state index contributed by atoms with van der Waals surface area (Å²) in [4.78, 5) is 5.68. The Morgan fingerprint density at radius 1 is 1.11 bits per heavy atom. The van der Waals surface area contributed by atoms with E-state index >= 15 is 0 Å². The molecule has 0 unspecified atom stereocenters. The molecule has 0 aromatic carbocycles. The van der Waals surface area contributed by atoms with Crippen molar-refractivity contribution in [1.29, 1.82) is 0 Å². The van der Waals surface area contributed by atoms with Crippen molar-refractivity contribution in [2.45, 2.75) is 22.8 Å². The first-order valence-corrected chi connectivity index (χ1v) is 7.32. The van der Waals surface area contributed by atoms with Crippen molar-refractivity contribution in [3.63, 3.8) is 0 Å². The van der Waals surface area contributed by atoms with Crippen molar-refractivity contribution in [3.8, 4) is 0 Å². The van der Waals surface area contributed by atoms with Gasteiger partial charge in [0.1, 0.15) is 0 Å². The van der Waals surface area contributed by atoms with Crippen LogP contribution in [-0.4, -0.2) is 42.4 Å². The average molecular weight is 183 g/mol. The van der Waals surface area contributed by atoms with Crippen molar-refractivity contribution >= 4 is 17.4 Å². The molecule has 0 aliphatic carbocycles. The number of nitrogens with zero attached hydrogens (tertiary/aromatic N) is 1. The van der Waals surface area contributed by atoms with Crippen LogP contribution < -0.4 is 0 Å². The molecule has 1 radical (unpaired) electrons. The van der Waals surface area contributed by atoms with Crippen molar-refractivity contribution < 1.29 is 0 Å². The summed E-state index contributed by atoms with van der Waals surface area (Å²) in [5.74, 6) is 0. The minimum absolute atomic E-state index is 0.269. The zero-order chi connectivity index (χ0) is 6.53. The fourth-order valence-electron chi connectivity index (χ4n) is 1.27. The molecule has 1 aliphatic heterocycles. The second kappa shape index (κ2) is 4.42. The van der Waals surface area contributed by atoms with E-state index in [1.54, 1.807) is 9.95 Å². The Balaban J connectivity index is 2.12. The van der Waals surface area contributed by atoms with Gasteiger partial charge >= 0.3 is 65.2 Å². The molecule has 0 saturated carbocycles. The molecule has 0 amide bonds. The third-order valence-corrected chi connectivity index (χ3v) is 5.32. The average Bonchev–Trinajstić information content (AvgIpc) is 1.79. The molecule has 0 N–H and O–H groups in total. The first kappa shape index (κ1) is 7.70. The fraction of sp³-hybridized carbons (Fsp3) is 1.00. The van der Waals surface area contributed by atoms with Gasteiger partial charge in [0.15, 0.2) is 0 Å². The monoisotopic (exact) mass is 182 g/mol. The molecule has 1 nitrogen and oxygen atoms in total. The van der Waals surface area contributed by atoms with Crippen LogP contribution in [0, 0.1) is 0 Å². The molecule has 0 bridgehead atoms. The van der Waals surface area contributed by atoms with E-state index in [4.69, 9.17) is 0 Å². The van der Waals surface area contributed by atoms with Gasteiger partial charge in [-0.15, -0.1) is 0 Å². The standard InChI is InChI=1S/C7H15N.Ga/c1-4-6-8(3)7-5-2;/h1-2,4-7H2,3H3;. The zero-order valence-corrected chi connectivity index (χ0v) is 8.69. The SMILES string of the molecule is CN1CC[CH2][Ga][CH2]CC1. The van der Waals surface area contributed by atoms with E-state index in [9.17, 15) is 0 Å². The Morgan fingerprint density at radius 2 is 1.67 bits per heavy atom. The van der Waals surface area contributed by atoms with Gasteiger partial charge in [0.2, 0.25) is 0 Å². The number of hydrogen-bond acceptors (Lipinski definition) is 1. The van der Waals surface area contributed by atoms with E-state index in [-0.39, 0.29) is 17.4 Å². The minimum atomic E-state index is 0.269. The molecule has 1 fully saturated rings. The molecule has 0 spiro atoms. The summed E-state index contributed by atoms with van der Waals surface area (Å²) in [5.41, 5.74) is 0. The molecule has 2 heteroatoms. The van der Waals surface area contributed by atoms with Crippen LogP contribution in [0.3, 0.4) is 0 Å². The van der Waals surface area contributed by atoms with Crippen molar-refractivity contribution in [2.24, 2.45) is 0 Å². The van der Waals surface area contributed by atoms with Gasteiger partial charge in [0, 0.05) is 0 Å². The van der Waals surface area contributed by atoms with E-state index < -0.39 is 0 Å². The molecule has 1 aliphatic rings. The van der Waals surface area contributed by atoms with Gasteiger partial charge in [-0.25, -0.2) is 0 Å². The first-order valence-electron chi connectivity index (χ1n) is 3.90. The molecule has 9 heavy (non-hydrogen) atoms. The molecule has 1 rings (SSSR count). The normalized spacial score (nSPS) is 24.1. The van der Waals surface area contributed by atoms with E-state index in [0.29, 0.717) is 0 Å². The maximum atomic E-state index is 2.47. The van der Waals surface area contributed by atoms with Crippen LogP contribution in [-0.2, 0) is 0 Å². The summed E-state index contributed by atoms with van der Waals surface area (Å²) in [7, 11) is 2.24. The topological polar surface area (TPSA) is 3.24 Å². The van der Waals surface area contributed by atoms with Gasteiger partial charge < -0.3 is 0 Å². The molecule has 0 aromatic heterocycles. The third-order valence-electron chi connectivity index (χ3n) is 1.90. The second-order valence-corrected chi connectivity index (χ2v) is 6.51. The summed E-state index contributed by atoms with van der Waals surface area (Å²) in [6.07, 6.45) is 2.97. The van der Waals surface area contributed by atoms with Gasteiger partial charge in [-0.1, -0.05) is 0 Å². The summed E-state index contributed by atoms with van der Waals surface area (Å²) in [5, 5.41) is 0. The predicted molar refractivity (Wildman–Crippen MR) is 42.1 cm³/mol. The van der Waals surface area contributed by atoms with Crippen molar-refractivity contribution in [2.75, 3.05) is 20.1 Å². The van der Waals surface area contributed by atoms with E-state index in [2.05, 4.69) is 11.9 Å². The predicted octanol–water partition coefficient (Wildman–Crippen LogP) is 1.25. The summed E-state index contributed by atoms with van der Waals surface area (Å²) in [6, 6.07) is 0. The Morgan fingerprint density at radius 3 is 2.22 bits per heavy atom. The van der Waals surface area contributed by atoms with Crippen LogP contribution >= 0.6 is 0 Å². The molecule has 1 heterocycles. The van der Waals surface area contributed by atoms with Crippen LogP contribution in [0.25, 0.3) is 0 Å². The fourth-order valence-corrected chi connectivity index (χ4v) is 3.85. The second-order valence-electron chi connectivity index (χ2n) is 2.88. The Bertz CT molecular complexity index is 67.3. The Labute approximate surface area is 65.6 Å². The molecule has 1 saturated heterocycles. The Kier molecular flexibility index (Phi) is 3.78. The van der Waals surface area contributed by atoms with E-state index in [1.165, 1.54) is 25.9 Å². The third kappa shape index (κ3) is 3.33.